The fourth-order valence-corrected chi connectivity index (χ4v) is 4.24. The van der Waals surface area contributed by atoms with Crippen molar-refractivity contribution in [2.24, 2.45) is 0 Å². The molecule has 4 nitrogen and oxygen atoms in total. The van der Waals surface area contributed by atoms with Crippen LogP contribution < -0.4 is 5.32 Å². The Balaban J connectivity index is 1.42. The van der Waals surface area contributed by atoms with Gasteiger partial charge < -0.3 is 10.2 Å². The number of carbonyl (C=O) groups is 1. The average Bonchev–Trinajstić information content (AvgIpc) is 3.16. The molecule has 2 aromatic rings. The molecule has 152 valence electrons. The minimum Gasteiger partial charge on any atom is -0.324 e. The van der Waals surface area contributed by atoms with Gasteiger partial charge in [-0.1, -0.05) is 48.0 Å². The lowest BCUT2D eigenvalue weighted by Gasteiger charge is -2.32. The highest BCUT2D eigenvalue weighted by Crippen LogP contribution is 2.31. The number of nitrogens with zero attached hydrogens (tertiary/aromatic N) is 2. The maximum atomic E-state index is 14.6. The maximum absolute atomic E-state index is 14.6. The van der Waals surface area contributed by atoms with Gasteiger partial charge in [-0.15, -0.1) is 0 Å². The van der Waals surface area contributed by atoms with Gasteiger partial charge in [0.2, 0.25) is 0 Å². The van der Waals surface area contributed by atoms with Crippen LogP contribution in [0.3, 0.4) is 0 Å². The third-order valence-corrected chi connectivity index (χ3v) is 6.01. The lowest BCUT2D eigenvalue weighted by Crippen LogP contribution is -2.40. The first kappa shape index (κ1) is 19.6. The smallest absolute Gasteiger partial charge is 0.321 e. The summed E-state index contributed by atoms with van der Waals surface area (Å²) in [6.07, 6.45) is 3.95. The van der Waals surface area contributed by atoms with Gasteiger partial charge in [-0.05, 0) is 49.9 Å². The van der Waals surface area contributed by atoms with Crippen LogP contribution in [0.1, 0.15) is 35.4 Å². The van der Waals surface area contributed by atoms with Gasteiger partial charge in [0.25, 0.3) is 0 Å². The molecule has 0 aromatic heterocycles. The fourth-order valence-electron chi connectivity index (χ4n) is 4.24. The van der Waals surface area contributed by atoms with E-state index in [1.807, 2.05) is 13.1 Å². The zero-order valence-electron chi connectivity index (χ0n) is 17.1. The van der Waals surface area contributed by atoms with Crippen molar-refractivity contribution in [3.63, 3.8) is 0 Å². The Labute approximate surface area is 172 Å². The second kappa shape index (κ2) is 8.37. The van der Waals surface area contributed by atoms with Gasteiger partial charge in [0.1, 0.15) is 5.82 Å². The molecule has 0 atom stereocenters. The number of hydrogen-bond donors (Lipinski definition) is 1. The molecule has 0 radical (unpaired) electrons. The lowest BCUT2D eigenvalue weighted by molar-refractivity contribution is 0.194. The van der Waals surface area contributed by atoms with Crippen LogP contribution in [0.2, 0.25) is 0 Å². The van der Waals surface area contributed by atoms with E-state index in [1.165, 1.54) is 17.2 Å². The molecular weight excluding hydrogens is 365 g/mol. The topological polar surface area (TPSA) is 35.6 Å². The summed E-state index contributed by atoms with van der Waals surface area (Å²) in [6, 6.07) is 13.4. The van der Waals surface area contributed by atoms with Gasteiger partial charge in [0, 0.05) is 31.7 Å². The van der Waals surface area contributed by atoms with Crippen molar-refractivity contribution >= 4 is 17.3 Å². The quantitative estimate of drug-likeness (QED) is 0.807. The van der Waals surface area contributed by atoms with Crippen LogP contribution in [0.15, 0.2) is 48.5 Å². The van der Waals surface area contributed by atoms with Gasteiger partial charge in [0.05, 0.1) is 5.69 Å². The molecule has 29 heavy (non-hydrogen) atoms. The summed E-state index contributed by atoms with van der Waals surface area (Å²) in [5.74, 6) is 0.0868. The van der Waals surface area contributed by atoms with E-state index in [0.29, 0.717) is 24.7 Å². The number of urea groups is 1. The first-order valence-corrected chi connectivity index (χ1v) is 10.3. The largest absolute Gasteiger partial charge is 0.324 e. The molecule has 4 rings (SSSR count). The molecule has 1 N–H and O–H groups in total. The molecule has 1 fully saturated rings. The number of carbonyl (C=O) groups excluding carboxylic acids is 1. The normalized spacial score (nSPS) is 18.0. The molecule has 0 unspecified atom stereocenters. The number of halogens is 1. The minimum atomic E-state index is -0.388. The molecule has 2 aromatic carbocycles. The average molecular weight is 394 g/mol. The van der Waals surface area contributed by atoms with Crippen LogP contribution in [0.25, 0.3) is 5.57 Å². The number of rotatable bonds is 3. The number of piperidine rings is 1. The molecule has 1 saturated heterocycles. The fraction of sp³-hybridized carbons (Fsp3) is 0.375. The van der Waals surface area contributed by atoms with E-state index in [2.05, 4.69) is 47.5 Å². The summed E-state index contributed by atoms with van der Waals surface area (Å²) in [7, 11) is 2.03. The van der Waals surface area contributed by atoms with Crippen LogP contribution >= 0.6 is 0 Å². The maximum Gasteiger partial charge on any atom is 0.321 e. The number of amides is 2. The van der Waals surface area contributed by atoms with Gasteiger partial charge in [-0.3, -0.25) is 4.90 Å². The van der Waals surface area contributed by atoms with E-state index in [9.17, 15) is 9.18 Å². The van der Waals surface area contributed by atoms with Crippen molar-refractivity contribution in [2.45, 2.75) is 25.7 Å². The number of nitrogens with one attached hydrogen (secondary N) is 1. The second-order valence-corrected chi connectivity index (χ2v) is 8.19. The van der Waals surface area contributed by atoms with Gasteiger partial charge in [-0.25, -0.2) is 9.18 Å². The van der Waals surface area contributed by atoms with Crippen LogP contribution in [0, 0.1) is 12.7 Å². The Hall–Kier alpha value is -2.66. The molecule has 0 bridgehead atoms. The molecule has 2 aliphatic heterocycles. The van der Waals surface area contributed by atoms with Crippen LogP contribution in [0.5, 0.6) is 0 Å². The number of likely N-dealkylation sites (N-methyl/N-ethyl adjacent to an activating group) is 1. The van der Waals surface area contributed by atoms with Crippen LogP contribution in [-0.2, 0) is 0 Å². The van der Waals surface area contributed by atoms with Gasteiger partial charge >= 0.3 is 6.03 Å². The molecule has 0 spiro atoms. The number of benzene rings is 2. The molecular formula is C24H28FN3O. The number of aryl methyl sites for hydroxylation is 1. The highest BCUT2D eigenvalue weighted by atomic mass is 19.1. The second-order valence-electron chi connectivity index (χ2n) is 8.19. The predicted octanol–water partition coefficient (Wildman–Crippen LogP) is 4.87. The third-order valence-electron chi connectivity index (χ3n) is 6.01. The van der Waals surface area contributed by atoms with E-state index in [0.717, 1.165) is 37.1 Å². The molecule has 0 aliphatic carbocycles. The Morgan fingerprint density at radius 3 is 2.48 bits per heavy atom. The van der Waals surface area contributed by atoms with E-state index < -0.39 is 0 Å². The number of hydrogen-bond acceptors (Lipinski definition) is 2. The van der Waals surface area contributed by atoms with Crippen LogP contribution in [0.4, 0.5) is 14.9 Å². The first-order valence-electron chi connectivity index (χ1n) is 10.3. The summed E-state index contributed by atoms with van der Waals surface area (Å²) in [5, 5.41) is 2.85. The van der Waals surface area contributed by atoms with Crippen molar-refractivity contribution in [1.82, 2.24) is 9.80 Å². The van der Waals surface area contributed by atoms with Crippen LogP contribution in [-0.4, -0.2) is 49.1 Å². The standard InChI is InChI=1S/C24H28FN3O/c1-17-6-8-18(9-7-17)19-11-14-28(15-12-19)24(29)26-23-21(4-3-5-22(23)25)20-10-13-27(2)16-20/h3-10,19H,11-16H2,1-2H3,(H,26,29). The van der Waals surface area contributed by atoms with Crippen molar-refractivity contribution in [3.05, 3.63) is 71.0 Å². The van der Waals surface area contributed by atoms with Crippen molar-refractivity contribution < 1.29 is 9.18 Å². The lowest BCUT2D eigenvalue weighted by atomic mass is 9.89. The highest BCUT2D eigenvalue weighted by molar-refractivity contribution is 5.93. The molecule has 2 amide bonds. The number of para-hydroxylation sites is 1. The van der Waals surface area contributed by atoms with Crippen molar-refractivity contribution in [3.8, 4) is 0 Å². The monoisotopic (exact) mass is 393 g/mol. The summed E-state index contributed by atoms with van der Waals surface area (Å²) in [5.41, 5.74) is 4.72. The van der Waals surface area contributed by atoms with E-state index >= 15 is 0 Å². The van der Waals surface area contributed by atoms with Crippen molar-refractivity contribution in [1.29, 1.82) is 0 Å². The third kappa shape index (κ3) is 4.35. The Morgan fingerprint density at radius 1 is 1.10 bits per heavy atom. The molecule has 2 aliphatic rings. The first-order chi connectivity index (χ1) is 14.0. The van der Waals surface area contributed by atoms with E-state index in [4.69, 9.17) is 0 Å². The Bertz CT molecular complexity index is 914. The SMILES string of the molecule is Cc1ccc(C2CCN(C(=O)Nc3c(F)cccc3C3=CCN(C)C3)CC2)cc1. The Morgan fingerprint density at radius 2 is 1.83 bits per heavy atom. The van der Waals surface area contributed by atoms with Gasteiger partial charge in [0.15, 0.2) is 0 Å². The zero-order chi connectivity index (χ0) is 20.4. The highest BCUT2D eigenvalue weighted by Gasteiger charge is 2.25. The summed E-state index contributed by atoms with van der Waals surface area (Å²) < 4.78 is 14.6. The van der Waals surface area contributed by atoms with E-state index in [-0.39, 0.29) is 11.8 Å². The molecule has 5 heteroatoms. The van der Waals surface area contributed by atoms with Crippen molar-refractivity contribution in [2.75, 3.05) is 38.5 Å². The van der Waals surface area contributed by atoms with E-state index in [1.54, 1.807) is 11.0 Å². The predicted molar refractivity (Wildman–Crippen MR) is 116 cm³/mol. The minimum absolute atomic E-state index is 0.217. The Kier molecular flexibility index (Phi) is 5.67. The number of anilines is 1. The summed E-state index contributed by atoms with van der Waals surface area (Å²) >= 11 is 0. The number of likely N-dealkylation sites (tertiary alicyclic amines) is 1. The summed E-state index contributed by atoms with van der Waals surface area (Å²) in [4.78, 5) is 16.8. The van der Waals surface area contributed by atoms with Gasteiger partial charge in [-0.2, -0.15) is 0 Å². The molecule has 2 heterocycles. The molecule has 0 saturated carbocycles. The zero-order valence-corrected chi connectivity index (χ0v) is 17.1. The summed E-state index contributed by atoms with van der Waals surface area (Å²) in [6.45, 7) is 5.05.